The second kappa shape index (κ2) is 5.64. The van der Waals surface area contributed by atoms with Gasteiger partial charge in [-0.1, -0.05) is 0 Å². The SMILES string of the molecule is Nc1ccn(CCC(=O)NCC(=O)O)c(=O)n1. The zero-order valence-corrected chi connectivity index (χ0v) is 8.92. The fourth-order valence-corrected chi connectivity index (χ4v) is 1.10. The Kier molecular flexibility index (Phi) is 4.21. The Morgan fingerprint density at radius 2 is 2.24 bits per heavy atom. The Morgan fingerprint density at radius 1 is 1.53 bits per heavy atom. The first-order valence-electron chi connectivity index (χ1n) is 4.80. The maximum absolute atomic E-state index is 11.3. The number of amides is 1. The van der Waals surface area contributed by atoms with Crippen molar-refractivity contribution in [3.05, 3.63) is 22.7 Å². The van der Waals surface area contributed by atoms with E-state index in [2.05, 4.69) is 10.3 Å². The number of nitrogens with zero attached hydrogens (tertiary/aromatic N) is 2. The fraction of sp³-hybridized carbons (Fsp3) is 0.333. The van der Waals surface area contributed by atoms with Crippen LogP contribution in [0.2, 0.25) is 0 Å². The number of nitrogen functional groups attached to an aromatic ring is 1. The molecule has 0 fully saturated rings. The van der Waals surface area contributed by atoms with Crippen LogP contribution in [0, 0.1) is 0 Å². The lowest BCUT2D eigenvalue weighted by atomic mass is 10.4. The summed E-state index contributed by atoms with van der Waals surface area (Å²) in [6.07, 6.45) is 1.42. The molecule has 0 saturated heterocycles. The average molecular weight is 240 g/mol. The lowest BCUT2D eigenvalue weighted by Gasteiger charge is -2.05. The maximum atomic E-state index is 11.3. The van der Waals surface area contributed by atoms with Crippen LogP contribution < -0.4 is 16.7 Å². The third-order valence-corrected chi connectivity index (χ3v) is 1.91. The van der Waals surface area contributed by atoms with Crippen molar-refractivity contribution in [1.82, 2.24) is 14.9 Å². The number of hydrogen-bond acceptors (Lipinski definition) is 5. The van der Waals surface area contributed by atoms with Gasteiger partial charge in [0.2, 0.25) is 5.91 Å². The van der Waals surface area contributed by atoms with E-state index >= 15 is 0 Å². The monoisotopic (exact) mass is 240 g/mol. The summed E-state index contributed by atoms with van der Waals surface area (Å²) in [6.45, 7) is -0.314. The number of carboxylic acid groups (broad SMARTS) is 1. The Bertz CT molecular complexity index is 482. The molecule has 0 atom stereocenters. The molecule has 1 aromatic heterocycles. The third-order valence-electron chi connectivity index (χ3n) is 1.91. The third kappa shape index (κ3) is 4.33. The molecule has 0 saturated carbocycles. The summed E-state index contributed by atoms with van der Waals surface area (Å²) in [6, 6.07) is 1.44. The molecule has 0 aromatic carbocycles. The highest BCUT2D eigenvalue weighted by Gasteiger charge is 2.05. The summed E-state index contributed by atoms with van der Waals surface area (Å²) in [5.41, 5.74) is 4.75. The largest absolute Gasteiger partial charge is 0.480 e. The minimum absolute atomic E-state index is 0.00121. The molecule has 0 bridgehead atoms. The Labute approximate surface area is 96.1 Å². The predicted octanol–water partition coefficient (Wildman–Crippen LogP) is -1.58. The van der Waals surface area contributed by atoms with Gasteiger partial charge in [0.15, 0.2) is 0 Å². The molecule has 8 heteroatoms. The van der Waals surface area contributed by atoms with E-state index in [0.717, 1.165) is 0 Å². The number of aliphatic carboxylic acids is 1. The molecule has 0 unspecified atom stereocenters. The Hall–Kier alpha value is -2.38. The van der Waals surface area contributed by atoms with Crippen molar-refractivity contribution in [3.8, 4) is 0 Å². The second-order valence-electron chi connectivity index (χ2n) is 3.25. The van der Waals surface area contributed by atoms with E-state index in [0.29, 0.717) is 0 Å². The van der Waals surface area contributed by atoms with Crippen molar-refractivity contribution in [2.24, 2.45) is 0 Å². The first kappa shape index (κ1) is 12.7. The van der Waals surface area contributed by atoms with Gasteiger partial charge in [-0.3, -0.25) is 14.2 Å². The number of rotatable bonds is 5. The summed E-state index contributed by atoms with van der Waals surface area (Å²) in [5.74, 6) is -1.46. The molecule has 0 aliphatic rings. The van der Waals surface area contributed by atoms with Crippen LogP contribution in [-0.2, 0) is 16.1 Å². The molecule has 0 spiro atoms. The molecule has 17 heavy (non-hydrogen) atoms. The lowest BCUT2D eigenvalue weighted by molar-refractivity contribution is -0.137. The zero-order valence-electron chi connectivity index (χ0n) is 8.92. The van der Waals surface area contributed by atoms with E-state index in [9.17, 15) is 14.4 Å². The number of hydrogen-bond donors (Lipinski definition) is 3. The van der Waals surface area contributed by atoms with Crippen LogP contribution in [0.5, 0.6) is 0 Å². The predicted molar refractivity (Wildman–Crippen MR) is 58.2 cm³/mol. The van der Waals surface area contributed by atoms with E-state index in [4.69, 9.17) is 10.8 Å². The van der Waals surface area contributed by atoms with Crippen LogP contribution in [-0.4, -0.2) is 33.1 Å². The van der Waals surface area contributed by atoms with Crippen molar-refractivity contribution in [2.75, 3.05) is 12.3 Å². The van der Waals surface area contributed by atoms with Gasteiger partial charge < -0.3 is 16.2 Å². The average Bonchev–Trinajstić information content (AvgIpc) is 2.25. The molecular weight excluding hydrogens is 228 g/mol. The molecule has 8 nitrogen and oxygen atoms in total. The lowest BCUT2D eigenvalue weighted by Crippen LogP contribution is -2.31. The molecule has 1 amide bonds. The van der Waals surface area contributed by atoms with Crippen LogP contribution in [0.4, 0.5) is 5.82 Å². The highest BCUT2D eigenvalue weighted by molar-refractivity contribution is 5.80. The van der Waals surface area contributed by atoms with Crippen LogP contribution >= 0.6 is 0 Å². The maximum Gasteiger partial charge on any atom is 0.349 e. The van der Waals surface area contributed by atoms with Crippen LogP contribution in [0.15, 0.2) is 17.1 Å². The van der Waals surface area contributed by atoms with Crippen LogP contribution in [0.1, 0.15) is 6.42 Å². The van der Waals surface area contributed by atoms with E-state index in [1.54, 1.807) is 0 Å². The first-order chi connectivity index (χ1) is 7.99. The molecule has 0 aliphatic heterocycles. The summed E-state index contributed by atoms with van der Waals surface area (Å²) in [7, 11) is 0. The van der Waals surface area contributed by atoms with E-state index in [1.807, 2.05) is 0 Å². The smallest absolute Gasteiger partial charge is 0.349 e. The molecule has 0 aliphatic carbocycles. The number of aryl methyl sites for hydroxylation is 1. The van der Waals surface area contributed by atoms with Crippen molar-refractivity contribution >= 4 is 17.7 Å². The normalized spacial score (nSPS) is 9.88. The summed E-state index contributed by atoms with van der Waals surface area (Å²) < 4.78 is 1.22. The van der Waals surface area contributed by atoms with Crippen LogP contribution in [0.3, 0.4) is 0 Å². The van der Waals surface area contributed by atoms with Gasteiger partial charge >= 0.3 is 11.7 Å². The number of nitrogens with two attached hydrogens (primary N) is 1. The highest BCUT2D eigenvalue weighted by Crippen LogP contribution is 1.91. The molecular formula is C9H12N4O4. The minimum Gasteiger partial charge on any atom is -0.480 e. The van der Waals surface area contributed by atoms with Gasteiger partial charge in [-0.2, -0.15) is 4.98 Å². The van der Waals surface area contributed by atoms with Gasteiger partial charge in [-0.05, 0) is 6.07 Å². The second-order valence-corrected chi connectivity index (χ2v) is 3.25. The standard InChI is InChI=1S/C9H12N4O4/c10-6-1-3-13(9(17)12-6)4-2-7(14)11-5-8(15)16/h1,3H,2,4-5H2,(H,11,14)(H,15,16)(H2,10,12,17). The van der Waals surface area contributed by atoms with Gasteiger partial charge in [-0.15, -0.1) is 0 Å². The van der Waals surface area contributed by atoms with Gasteiger partial charge in [0.1, 0.15) is 12.4 Å². The molecule has 1 heterocycles. The molecule has 0 radical (unpaired) electrons. The number of carbonyl (C=O) groups is 2. The number of nitrogens with one attached hydrogen (secondary N) is 1. The molecule has 92 valence electrons. The minimum atomic E-state index is -1.12. The Morgan fingerprint density at radius 3 is 2.82 bits per heavy atom. The summed E-state index contributed by atoms with van der Waals surface area (Å²) in [5, 5.41) is 10.5. The first-order valence-corrected chi connectivity index (χ1v) is 4.80. The number of carbonyl (C=O) groups excluding carboxylic acids is 1. The van der Waals surface area contributed by atoms with Crippen molar-refractivity contribution in [3.63, 3.8) is 0 Å². The van der Waals surface area contributed by atoms with Crippen molar-refractivity contribution < 1.29 is 14.7 Å². The van der Waals surface area contributed by atoms with Gasteiger partial charge in [0, 0.05) is 19.2 Å². The van der Waals surface area contributed by atoms with Crippen molar-refractivity contribution in [1.29, 1.82) is 0 Å². The zero-order chi connectivity index (χ0) is 12.8. The van der Waals surface area contributed by atoms with Gasteiger partial charge in [-0.25, -0.2) is 4.79 Å². The molecule has 1 aromatic rings. The number of aromatic nitrogens is 2. The summed E-state index contributed by atoms with van der Waals surface area (Å²) in [4.78, 5) is 36.1. The summed E-state index contributed by atoms with van der Waals surface area (Å²) >= 11 is 0. The molecule has 4 N–H and O–H groups in total. The number of anilines is 1. The van der Waals surface area contributed by atoms with E-state index in [-0.39, 0.29) is 18.8 Å². The molecule has 1 rings (SSSR count). The fourth-order valence-electron chi connectivity index (χ4n) is 1.10. The van der Waals surface area contributed by atoms with Crippen LogP contribution in [0.25, 0.3) is 0 Å². The van der Waals surface area contributed by atoms with E-state index in [1.165, 1.54) is 16.8 Å². The quantitative estimate of drug-likeness (QED) is 0.569. The van der Waals surface area contributed by atoms with Gasteiger partial charge in [0.05, 0.1) is 0 Å². The van der Waals surface area contributed by atoms with E-state index < -0.39 is 24.1 Å². The highest BCUT2D eigenvalue weighted by atomic mass is 16.4. The topological polar surface area (TPSA) is 127 Å². The number of carboxylic acids is 1. The van der Waals surface area contributed by atoms with Crippen molar-refractivity contribution in [2.45, 2.75) is 13.0 Å². The van der Waals surface area contributed by atoms with Gasteiger partial charge in [0.25, 0.3) is 0 Å². The Balaban J connectivity index is 2.47.